The molecule has 1 fully saturated rings. The summed E-state index contributed by atoms with van der Waals surface area (Å²) in [6, 6.07) is 16.6. The Morgan fingerprint density at radius 1 is 1.09 bits per heavy atom. The molecule has 110 valence electrons. The standard InChI is InChI=1S/C18H15NO3/c20-17(10-9-14-5-2-1-3-6-14)15-7-4-8-16(13-15)19-11-12-22-18(19)21/h1-10,13H,11-12H2. The minimum Gasteiger partial charge on any atom is -0.447 e. The van der Waals surface area contributed by atoms with E-state index in [0.717, 1.165) is 5.56 Å². The molecule has 1 aliphatic rings. The number of ether oxygens (including phenoxy) is 1. The van der Waals surface area contributed by atoms with Gasteiger partial charge in [-0.25, -0.2) is 4.79 Å². The zero-order chi connectivity index (χ0) is 15.4. The molecule has 3 rings (SSSR count). The van der Waals surface area contributed by atoms with Gasteiger partial charge in [0.05, 0.1) is 6.54 Å². The molecule has 0 bridgehead atoms. The maximum Gasteiger partial charge on any atom is 0.414 e. The number of anilines is 1. The van der Waals surface area contributed by atoms with Gasteiger partial charge in [0.25, 0.3) is 0 Å². The van der Waals surface area contributed by atoms with Crippen LogP contribution in [0.4, 0.5) is 10.5 Å². The lowest BCUT2D eigenvalue weighted by atomic mass is 10.1. The fourth-order valence-corrected chi connectivity index (χ4v) is 2.29. The third-order valence-corrected chi connectivity index (χ3v) is 3.43. The van der Waals surface area contributed by atoms with Crippen molar-refractivity contribution in [1.29, 1.82) is 0 Å². The van der Waals surface area contributed by atoms with Crippen LogP contribution in [0.15, 0.2) is 60.7 Å². The number of hydrogen-bond donors (Lipinski definition) is 0. The summed E-state index contributed by atoms with van der Waals surface area (Å²) in [5.41, 5.74) is 2.20. The van der Waals surface area contributed by atoms with Gasteiger partial charge < -0.3 is 4.74 Å². The predicted molar refractivity (Wildman–Crippen MR) is 84.9 cm³/mol. The van der Waals surface area contributed by atoms with E-state index in [4.69, 9.17) is 4.74 Å². The molecule has 4 nitrogen and oxygen atoms in total. The number of rotatable bonds is 4. The van der Waals surface area contributed by atoms with E-state index in [1.165, 1.54) is 11.0 Å². The van der Waals surface area contributed by atoms with Crippen molar-refractivity contribution >= 4 is 23.6 Å². The lowest BCUT2D eigenvalue weighted by molar-refractivity contribution is 0.104. The van der Waals surface area contributed by atoms with Crippen molar-refractivity contribution < 1.29 is 14.3 Å². The third-order valence-electron chi connectivity index (χ3n) is 3.43. The number of carbonyl (C=O) groups excluding carboxylic acids is 2. The lowest BCUT2D eigenvalue weighted by Crippen LogP contribution is -2.23. The smallest absolute Gasteiger partial charge is 0.414 e. The molecule has 0 N–H and O–H groups in total. The number of allylic oxidation sites excluding steroid dienone is 1. The highest BCUT2D eigenvalue weighted by molar-refractivity contribution is 6.07. The molecule has 0 radical (unpaired) electrons. The summed E-state index contributed by atoms with van der Waals surface area (Å²) in [5.74, 6) is -0.0988. The molecular formula is C18H15NO3. The van der Waals surface area contributed by atoms with Gasteiger partial charge >= 0.3 is 6.09 Å². The number of cyclic esters (lactones) is 1. The Hall–Kier alpha value is -2.88. The second-order valence-electron chi connectivity index (χ2n) is 4.92. The van der Waals surface area contributed by atoms with Crippen LogP contribution >= 0.6 is 0 Å². The van der Waals surface area contributed by atoms with Crippen molar-refractivity contribution in [3.63, 3.8) is 0 Å². The highest BCUT2D eigenvalue weighted by Gasteiger charge is 2.23. The molecule has 0 atom stereocenters. The minimum absolute atomic E-state index is 0.0988. The molecular weight excluding hydrogens is 278 g/mol. The molecule has 1 heterocycles. The number of nitrogens with zero attached hydrogens (tertiary/aromatic N) is 1. The first kappa shape index (κ1) is 14.1. The van der Waals surface area contributed by atoms with Crippen molar-refractivity contribution in [3.8, 4) is 0 Å². The van der Waals surface area contributed by atoms with E-state index in [0.29, 0.717) is 24.4 Å². The fourth-order valence-electron chi connectivity index (χ4n) is 2.29. The van der Waals surface area contributed by atoms with E-state index in [1.54, 1.807) is 30.3 Å². The van der Waals surface area contributed by atoms with Crippen LogP contribution in [0.3, 0.4) is 0 Å². The highest BCUT2D eigenvalue weighted by Crippen LogP contribution is 2.20. The highest BCUT2D eigenvalue weighted by atomic mass is 16.6. The average Bonchev–Trinajstić information content (AvgIpc) is 3.00. The molecule has 4 heteroatoms. The Morgan fingerprint density at radius 2 is 1.91 bits per heavy atom. The summed E-state index contributed by atoms with van der Waals surface area (Å²) in [6.07, 6.45) is 2.94. The summed E-state index contributed by atoms with van der Waals surface area (Å²) < 4.78 is 4.91. The van der Waals surface area contributed by atoms with E-state index in [1.807, 2.05) is 30.3 Å². The van der Waals surface area contributed by atoms with E-state index < -0.39 is 0 Å². The van der Waals surface area contributed by atoms with Gasteiger partial charge in [0.15, 0.2) is 5.78 Å². The first-order valence-electron chi connectivity index (χ1n) is 7.06. The van der Waals surface area contributed by atoms with Gasteiger partial charge in [0.1, 0.15) is 6.61 Å². The average molecular weight is 293 g/mol. The molecule has 22 heavy (non-hydrogen) atoms. The van der Waals surface area contributed by atoms with Crippen LogP contribution in [0, 0.1) is 0 Å². The Kier molecular flexibility index (Phi) is 4.01. The Bertz CT molecular complexity index is 722. The van der Waals surface area contributed by atoms with Crippen LogP contribution in [0.1, 0.15) is 15.9 Å². The molecule has 1 saturated heterocycles. The van der Waals surface area contributed by atoms with Gasteiger partial charge in [-0.1, -0.05) is 48.5 Å². The minimum atomic E-state index is -0.371. The first-order chi connectivity index (χ1) is 10.7. The molecule has 0 aromatic heterocycles. The third kappa shape index (κ3) is 3.06. The van der Waals surface area contributed by atoms with Crippen LogP contribution in [-0.4, -0.2) is 25.0 Å². The summed E-state index contributed by atoms with van der Waals surface area (Å²) in [6.45, 7) is 0.890. The predicted octanol–water partition coefficient (Wildman–Crippen LogP) is 3.54. The quantitative estimate of drug-likeness (QED) is 0.640. The second-order valence-corrected chi connectivity index (χ2v) is 4.92. The van der Waals surface area contributed by atoms with Crippen molar-refractivity contribution in [1.82, 2.24) is 0 Å². The Morgan fingerprint density at radius 3 is 2.64 bits per heavy atom. The van der Waals surface area contributed by atoms with Crippen LogP contribution < -0.4 is 4.90 Å². The monoisotopic (exact) mass is 293 g/mol. The van der Waals surface area contributed by atoms with Gasteiger partial charge in [-0.3, -0.25) is 9.69 Å². The Labute approximate surface area is 128 Å². The number of amides is 1. The molecule has 0 aliphatic carbocycles. The largest absolute Gasteiger partial charge is 0.447 e. The summed E-state index contributed by atoms with van der Waals surface area (Å²) in [5, 5.41) is 0. The van der Waals surface area contributed by atoms with Crippen molar-refractivity contribution in [3.05, 3.63) is 71.8 Å². The summed E-state index contributed by atoms with van der Waals surface area (Å²) in [4.78, 5) is 25.3. The van der Waals surface area contributed by atoms with Gasteiger partial charge in [0, 0.05) is 11.3 Å². The van der Waals surface area contributed by atoms with Crippen molar-refractivity contribution in [2.24, 2.45) is 0 Å². The first-order valence-corrected chi connectivity index (χ1v) is 7.06. The molecule has 1 aliphatic heterocycles. The van der Waals surface area contributed by atoms with E-state index >= 15 is 0 Å². The lowest BCUT2D eigenvalue weighted by Gasteiger charge is -2.13. The van der Waals surface area contributed by atoms with Gasteiger partial charge in [-0.2, -0.15) is 0 Å². The second kappa shape index (κ2) is 6.26. The summed E-state index contributed by atoms with van der Waals surface area (Å²) >= 11 is 0. The van der Waals surface area contributed by atoms with Crippen molar-refractivity contribution in [2.45, 2.75) is 0 Å². The number of hydrogen-bond acceptors (Lipinski definition) is 3. The van der Waals surface area contributed by atoms with Crippen LogP contribution in [-0.2, 0) is 4.74 Å². The number of benzene rings is 2. The maximum absolute atomic E-state index is 12.2. The van der Waals surface area contributed by atoms with Crippen LogP contribution in [0.25, 0.3) is 6.08 Å². The SMILES string of the molecule is O=C(C=Cc1ccccc1)c1cccc(N2CCOC2=O)c1. The molecule has 0 spiro atoms. The van der Waals surface area contributed by atoms with Crippen LogP contribution in [0.2, 0.25) is 0 Å². The molecule has 0 saturated carbocycles. The Balaban J connectivity index is 1.78. The zero-order valence-electron chi connectivity index (χ0n) is 11.9. The molecule has 0 unspecified atom stereocenters. The summed E-state index contributed by atoms with van der Waals surface area (Å²) in [7, 11) is 0. The molecule has 1 amide bonds. The fraction of sp³-hybridized carbons (Fsp3) is 0.111. The van der Waals surface area contributed by atoms with Gasteiger partial charge in [-0.05, 0) is 23.8 Å². The van der Waals surface area contributed by atoms with E-state index in [9.17, 15) is 9.59 Å². The van der Waals surface area contributed by atoms with Gasteiger partial charge in [-0.15, -0.1) is 0 Å². The van der Waals surface area contributed by atoms with Crippen molar-refractivity contribution in [2.75, 3.05) is 18.1 Å². The zero-order valence-corrected chi connectivity index (χ0v) is 11.9. The van der Waals surface area contributed by atoms with E-state index in [-0.39, 0.29) is 11.9 Å². The number of ketones is 1. The molecule has 2 aromatic rings. The normalized spacial score (nSPS) is 14.4. The topological polar surface area (TPSA) is 46.6 Å². The van der Waals surface area contributed by atoms with Crippen LogP contribution in [0.5, 0.6) is 0 Å². The van der Waals surface area contributed by atoms with Gasteiger partial charge in [0.2, 0.25) is 0 Å². The molecule has 2 aromatic carbocycles. The number of carbonyl (C=O) groups is 2. The maximum atomic E-state index is 12.2. The van der Waals surface area contributed by atoms with E-state index in [2.05, 4.69) is 0 Å².